The lowest BCUT2D eigenvalue weighted by Gasteiger charge is -1.94. The summed E-state index contributed by atoms with van der Waals surface area (Å²) in [6.45, 7) is 0.317. The lowest BCUT2D eigenvalue weighted by Crippen LogP contribution is -1.90. The van der Waals surface area contributed by atoms with Gasteiger partial charge in [-0.1, -0.05) is 0 Å². The predicted octanol–water partition coefficient (Wildman–Crippen LogP) is 0.667. The van der Waals surface area contributed by atoms with Gasteiger partial charge in [-0.2, -0.15) is 0 Å². The molecule has 0 aromatic carbocycles. The minimum absolute atomic E-state index is 0.188. The zero-order valence-corrected chi connectivity index (χ0v) is 5.45. The van der Waals surface area contributed by atoms with Crippen LogP contribution < -0.4 is 0 Å². The van der Waals surface area contributed by atoms with Crippen molar-refractivity contribution >= 4 is 6.29 Å². The van der Waals surface area contributed by atoms with E-state index in [1.807, 2.05) is 0 Å². The Labute approximate surface area is 58.6 Å². The van der Waals surface area contributed by atoms with E-state index in [2.05, 4.69) is 0 Å². The molecule has 0 aromatic heterocycles. The van der Waals surface area contributed by atoms with Crippen molar-refractivity contribution in [1.29, 1.82) is 0 Å². The average molecular weight is 140 g/mol. The van der Waals surface area contributed by atoms with Gasteiger partial charge in [0.1, 0.15) is 18.3 Å². The molecule has 1 saturated carbocycles. The van der Waals surface area contributed by atoms with E-state index in [0.29, 0.717) is 12.7 Å². The fourth-order valence-electron chi connectivity index (χ4n) is 1.14. The number of aldehydes is 1. The minimum atomic E-state index is 0.188. The van der Waals surface area contributed by atoms with Crippen molar-refractivity contribution in [2.75, 3.05) is 6.79 Å². The van der Waals surface area contributed by atoms with Gasteiger partial charge >= 0.3 is 0 Å². The van der Waals surface area contributed by atoms with Gasteiger partial charge in [0.05, 0.1) is 0 Å². The molecule has 0 aromatic rings. The van der Waals surface area contributed by atoms with Gasteiger partial charge in [-0.25, -0.2) is 0 Å². The van der Waals surface area contributed by atoms with E-state index >= 15 is 0 Å². The number of rotatable bonds is 2. The Morgan fingerprint density at radius 3 is 3.10 bits per heavy atom. The molecule has 0 saturated heterocycles. The van der Waals surface area contributed by atoms with Crippen LogP contribution in [0.2, 0.25) is 0 Å². The van der Waals surface area contributed by atoms with Crippen LogP contribution in [0.15, 0.2) is 12.0 Å². The molecule has 2 aliphatic rings. The summed E-state index contributed by atoms with van der Waals surface area (Å²) < 4.78 is 9.94. The van der Waals surface area contributed by atoms with Crippen LogP contribution in [-0.4, -0.2) is 13.1 Å². The highest BCUT2D eigenvalue weighted by Crippen LogP contribution is 2.43. The molecule has 0 bridgehead atoms. The summed E-state index contributed by atoms with van der Waals surface area (Å²) in [5, 5.41) is 0. The molecule has 3 heteroatoms. The Morgan fingerprint density at radius 2 is 2.60 bits per heavy atom. The van der Waals surface area contributed by atoms with Gasteiger partial charge < -0.3 is 14.3 Å². The Kier molecular flexibility index (Phi) is 1.16. The maximum Gasteiger partial charge on any atom is 0.229 e. The summed E-state index contributed by atoms with van der Waals surface area (Å²) >= 11 is 0. The third-order valence-electron chi connectivity index (χ3n) is 1.87. The zero-order valence-electron chi connectivity index (χ0n) is 5.45. The molecule has 0 amide bonds. The average Bonchev–Trinajstić information content (AvgIpc) is 2.56. The number of hydrogen-bond donors (Lipinski definition) is 0. The number of allylic oxidation sites excluding steroid dienone is 1. The van der Waals surface area contributed by atoms with E-state index in [-0.39, 0.29) is 5.92 Å². The topological polar surface area (TPSA) is 35.5 Å². The number of carbonyl (C=O) groups excluding carboxylic acids is 1. The highest BCUT2D eigenvalue weighted by molar-refractivity contribution is 5.59. The molecule has 0 radical (unpaired) electrons. The summed E-state index contributed by atoms with van der Waals surface area (Å²) in [6, 6.07) is 0. The van der Waals surface area contributed by atoms with Crippen molar-refractivity contribution in [3.05, 3.63) is 12.0 Å². The number of ether oxygens (including phenoxy) is 2. The molecule has 54 valence electrons. The monoisotopic (exact) mass is 140 g/mol. The predicted molar refractivity (Wildman–Crippen MR) is 32.8 cm³/mol. The Balaban J connectivity index is 1.96. The van der Waals surface area contributed by atoms with Gasteiger partial charge in [-0.3, -0.25) is 0 Å². The summed E-state index contributed by atoms with van der Waals surface area (Å²) in [4.78, 5) is 10.2. The van der Waals surface area contributed by atoms with Gasteiger partial charge in [0, 0.05) is 11.8 Å². The maximum absolute atomic E-state index is 10.2. The van der Waals surface area contributed by atoms with E-state index < -0.39 is 0 Å². The summed E-state index contributed by atoms with van der Waals surface area (Å²) in [5.74, 6) is 1.35. The quantitative estimate of drug-likeness (QED) is 0.529. The highest BCUT2D eigenvalue weighted by Gasteiger charge is 2.42. The van der Waals surface area contributed by atoms with E-state index in [0.717, 1.165) is 18.5 Å². The second kappa shape index (κ2) is 2.01. The lowest BCUT2D eigenvalue weighted by molar-refractivity contribution is -0.109. The van der Waals surface area contributed by atoms with Crippen molar-refractivity contribution < 1.29 is 14.3 Å². The van der Waals surface area contributed by atoms with E-state index in [4.69, 9.17) is 9.47 Å². The molecule has 3 nitrogen and oxygen atoms in total. The maximum atomic E-state index is 10.2. The second-order valence-electron chi connectivity index (χ2n) is 2.59. The molecule has 1 heterocycles. The van der Waals surface area contributed by atoms with Crippen molar-refractivity contribution in [2.45, 2.75) is 6.42 Å². The third-order valence-corrected chi connectivity index (χ3v) is 1.87. The largest absolute Gasteiger partial charge is 0.462 e. The van der Waals surface area contributed by atoms with Gasteiger partial charge in [-0.15, -0.1) is 0 Å². The van der Waals surface area contributed by atoms with Gasteiger partial charge in [0.15, 0.2) is 0 Å². The fourth-order valence-corrected chi connectivity index (χ4v) is 1.14. The normalized spacial score (nSPS) is 35.8. The zero-order chi connectivity index (χ0) is 6.97. The van der Waals surface area contributed by atoms with E-state index in [1.54, 1.807) is 6.26 Å². The summed E-state index contributed by atoms with van der Waals surface area (Å²) in [7, 11) is 0. The van der Waals surface area contributed by atoms with Crippen LogP contribution in [0.25, 0.3) is 0 Å². The lowest BCUT2D eigenvalue weighted by atomic mass is 10.3. The first-order valence-corrected chi connectivity index (χ1v) is 3.31. The van der Waals surface area contributed by atoms with Crippen molar-refractivity contribution in [3.8, 4) is 0 Å². The molecule has 2 atom stereocenters. The molecule has 10 heavy (non-hydrogen) atoms. The van der Waals surface area contributed by atoms with E-state index in [9.17, 15) is 4.79 Å². The van der Waals surface area contributed by atoms with Crippen LogP contribution in [0.1, 0.15) is 6.42 Å². The first-order chi connectivity index (χ1) is 4.92. The van der Waals surface area contributed by atoms with Crippen LogP contribution in [0, 0.1) is 11.8 Å². The van der Waals surface area contributed by atoms with E-state index in [1.165, 1.54) is 0 Å². The van der Waals surface area contributed by atoms with Crippen LogP contribution in [0.5, 0.6) is 0 Å². The van der Waals surface area contributed by atoms with Gasteiger partial charge in [0.2, 0.25) is 6.79 Å². The Hall–Kier alpha value is -0.990. The SMILES string of the molecule is O=CC1CC1C1=COCO1. The molecule has 2 rings (SSSR count). The summed E-state index contributed by atoms with van der Waals surface area (Å²) in [6.07, 6.45) is 3.51. The van der Waals surface area contributed by atoms with Crippen molar-refractivity contribution in [2.24, 2.45) is 11.8 Å². The van der Waals surface area contributed by atoms with Crippen LogP contribution in [0.4, 0.5) is 0 Å². The molecular weight excluding hydrogens is 132 g/mol. The molecule has 2 unspecified atom stereocenters. The summed E-state index contributed by atoms with van der Waals surface area (Å²) in [5.41, 5.74) is 0. The van der Waals surface area contributed by atoms with Gasteiger partial charge in [-0.05, 0) is 6.42 Å². The van der Waals surface area contributed by atoms with Crippen LogP contribution in [0.3, 0.4) is 0 Å². The molecule has 0 spiro atoms. The minimum Gasteiger partial charge on any atom is -0.462 e. The second-order valence-corrected chi connectivity index (χ2v) is 2.59. The Bertz CT molecular complexity index is 185. The molecule has 1 fully saturated rings. The third kappa shape index (κ3) is 0.781. The van der Waals surface area contributed by atoms with Gasteiger partial charge in [0.25, 0.3) is 0 Å². The molecule has 1 aliphatic carbocycles. The number of carbonyl (C=O) groups is 1. The molecule has 1 aliphatic heterocycles. The first-order valence-electron chi connectivity index (χ1n) is 3.31. The molecular formula is C7H8O3. The Morgan fingerprint density at radius 1 is 1.70 bits per heavy atom. The molecule has 0 N–H and O–H groups in total. The number of hydrogen-bond acceptors (Lipinski definition) is 3. The van der Waals surface area contributed by atoms with Crippen LogP contribution in [-0.2, 0) is 14.3 Å². The van der Waals surface area contributed by atoms with Crippen molar-refractivity contribution in [1.82, 2.24) is 0 Å². The fraction of sp³-hybridized carbons (Fsp3) is 0.571. The standard InChI is InChI=1S/C7H8O3/c8-2-5-1-6(5)7-3-9-4-10-7/h2-3,5-6H,1,4H2. The smallest absolute Gasteiger partial charge is 0.229 e. The highest BCUT2D eigenvalue weighted by atomic mass is 16.7. The van der Waals surface area contributed by atoms with Crippen molar-refractivity contribution in [3.63, 3.8) is 0 Å². The first kappa shape index (κ1) is 5.77. The van der Waals surface area contributed by atoms with Crippen LogP contribution >= 0.6 is 0 Å².